The van der Waals surface area contributed by atoms with Crippen LogP contribution in [0.15, 0.2) is 42.5 Å². The number of ketones is 1. The zero-order valence-corrected chi connectivity index (χ0v) is 10.9. The minimum absolute atomic E-state index is 0.0623. The normalized spacial score (nSPS) is 10.3. The second kappa shape index (κ2) is 5.65. The van der Waals surface area contributed by atoms with Crippen LogP contribution in [-0.4, -0.2) is 12.4 Å². The van der Waals surface area contributed by atoms with Crippen LogP contribution in [0.25, 0.3) is 0 Å². The lowest BCUT2D eigenvalue weighted by Crippen LogP contribution is -2.13. The van der Waals surface area contributed by atoms with Crippen LogP contribution in [-0.2, 0) is 0 Å². The van der Waals surface area contributed by atoms with Gasteiger partial charge in [-0.1, -0.05) is 29.8 Å². The maximum Gasteiger partial charge on any atom is 0.203 e. The number of carbonyl (C=O) groups excluding carboxylic acids is 1. The summed E-state index contributed by atoms with van der Waals surface area (Å²) < 4.78 is 18.9. The van der Waals surface area contributed by atoms with Gasteiger partial charge in [-0.05, 0) is 37.6 Å². The van der Waals surface area contributed by atoms with Crippen molar-refractivity contribution in [3.8, 4) is 5.75 Å². The highest BCUT2D eigenvalue weighted by atomic mass is 19.1. The molecule has 19 heavy (non-hydrogen) atoms. The van der Waals surface area contributed by atoms with Gasteiger partial charge in [-0.25, -0.2) is 4.39 Å². The number of ether oxygens (including phenoxy) is 1. The largest absolute Gasteiger partial charge is 0.485 e. The molecule has 2 aromatic rings. The molecule has 0 saturated heterocycles. The van der Waals surface area contributed by atoms with Gasteiger partial charge in [-0.15, -0.1) is 0 Å². The quantitative estimate of drug-likeness (QED) is 0.781. The Morgan fingerprint density at radius 2 is 1.89 bits per heavy atom. The third-order valence-corrected chi connectivity index (χ3v) is 2.86. The molecule has 3 heteroatoms. The molecule has 0 fully saturated rings. The van der Waals surface area contributed by atoms with Gasteiger partial charge < -0.3 is 4.74 Å². The van der Waals surface area contributed by atoms with Crippen LogP contribution in [0.5, 0.6) is 5.75 Å². The van der Waals surface area contributed by atoms with Gasteiger partial charge in [-0.2, -0.15) is 0 Å². The van der Waals surface area contributed by atoms with Gasteiger partial charge in [-0.3, -0.25) is 4.79 Å². The molecule has 0 atom stereocenters. The van der Waals surface area contributed by atoms with Gasteiger partial charge >= 0.3 is 0 Å². The Bertz CT molecular complexity index is 605. The molecular weight excluding hydrogens is 243 g/mol. The standard InChI is InChI=1S/C16H15FO2/c1-11-7-8-16(12(2)9-11)19-10-15(18)13-5-3-4-6-14(13)17/h3-9H,10H2,1-2H3. The van der Waals surface area contributed by atoms with E-state index in [4.69, 9.17) is 4.74 Å². The van der Waals surface area contributed by atoms with Crippen LogP contribution in [0.3, 0.4) is 0 Å². The minimum atomic E-state index is -0.517. The van der Waals surface area contributed by atoms with E-state index in [1.54, 1.807) is 12.1 Å². The average Bonchev–Trinajstić information content (AvgIpc) is 2.38. The fourth-order valence-corrected chi connectivity index (χ4v) is 1.87. The van der Waals surface area contributed by atoms with Gasteiger partial charge in [0.2, 0.25) is 5.78 Å². The van der Waals surface area contributed by atoms with Crippen molar-refractivity contribution in [1.82, 2.24) is 0 Å². The van der Waals surface area contributed by atoms with Crippen molar-refractivity contribution in [2.75, 3.05) is 6.61 Å². The van der Waals surface area contributed by atoms with E-state index < -0.39 is 5.82 Å². The summed E-state index contributed by atoms with van der Waals surface area (Å²) in [5.74, 6) is -0.231. The summed E-state index contributed by atoms with van der Waals surface area (Å²) >= 11 is 0. The molecule has 0 aromatic heterocycles. The van der Waals surface area contributed by atoms with Crippen LogP contribution >= 0.6 is 0 Å². The number of rotatable bonds is 4. The smallest absolute Gasteiger partial charge is 0.203 e. The first-order valence-electron chi connectivity index (χ1n) is 6.05. The zero-order valence-electron chi connectivity index (χ0n) is 10.9. The first-order chi connectivity index (χ1) is 9.08. The van der Waals surface area contributed by atoms with E-state index in [1.165, 1.54) is 12.1 Å². The third-order valence-electron chi connectivity index (χ3n) is 2.86. The summed E-state index contributed by atoms with van der Waals surface area (Å²) in [4.78, 5) is 11.9. The molecule has 0 aliphatic heterocycles. The van der Waals surface area contributed by atoms with Gasteiger partial charge in [0.1, 0.15) is 11.6 Å². The van der Waals surface area contributed by atoms with Crippen molar-refractivity contribution >= 4 is 5.78 Å². The summed E-state index contributed by atoms with van der Waals surface area (Å²) in [7, 11) is 0. The Labute approximate surface area is 111 Å². The lowest BCUT2D eigenvalue weighted by molar-refractivity contribution is 0.0917. The number of carbonyl (C=O) groups is 1. The molecule has 0 radical (unpaired) electrons. The van der Waals surface area contributed by atoms with Gasteiger partial charge in [0.05, 0.1) is 5.56 Å². The first-order valence-corrected chi connectivity index (χ1v) is 6.05. The van der Waals surface area contributed by atoms with E-state index in [0.29, 0.717) is 5.75 Å². The third kappa shape index (κ3) is 3.19. The highest BCUT2D eigenvalue weighted by Gasteiger charge is 2.12. The monoisotopic (exact) mass is 258 g/mol. The number of aryl methyl sites for hydroxylation is 2. The van der Waals surface area contributed by atoms with Crippen LogP contribution in [0, 0.1) is 19.7 Å². The lowest BCUT2D eigenvalue weighted by atomic mass is 10.1. The van der Waals surface area contributed by atoms with Gasteiger partial charge in [0.15, 0.2) is 6.61 Å². The van der Waals surface area contributed by atoms with Crippen molar-refractivity contribution in [3.05, 3.63) is 65.0 Å². The highest BCUT2D eigenvalue weighted by Crippen LogP contribution is 2.19. The number of halogens is 1. The van der Waals surface area contributed by atoms with E-state index >= 15 is 0 Å². The molecule has 98 valence electrons. The number of Topliss-reactive ketones (excluding diaryl/α,β-unsaturated/α-hetero) is 1. The SMILES string of the molecule is Cc1ccc(OCC(=O)c2ccccc2F)c(C)c1. The van der Waals surface area contributed by atoms with Crippen molar-refractivity contribution in [2.24, 2.45) is 0 Å². The maximum atomic E-state index is 13.4. The average molecular weight is 258 g/mol. The fraction of sp³-hybridized carbons (Fsp3) is 0.188. The molecule has 0 aliphatic carbocycles. The molecule has 0 unspecified atom stereocenters. The van der Waals surface area contributed by atoms with E-state index in [0.717, 1.165) is 11.1 Å². The molecule has 0 amide bonds. The molecule has 2 rings (SSSR count). The van der Waals surface area contributed by atoms with Crippen LogP contribution in [0.1, 0.15) is 21.5 Å². The van der Waals surface area contributed by atoms with Crippen LogP contribution < -0.4 is 4.74 Å². The minimum Gasteiger partial charge on any atom is -0.485 e. The van der Waals surface area contributed by atoms with E-state index in [1.807, 2.05) is 32.0 Å². The maximum absolute atomic E-state index is 13.4. The Hall–Kier alpha value is -2.16. The Morgan fingerprint density at radius 1 is 1.16 bits per heavy atom. The Kier molecular flexibility index (Phi) is 3.95. The topological polar surface area (TPSA) is 26.3 Å². The summed E-state index contributed by atoms with van der Waals surface area (Å²) in [5, 5.41) is 0. The highest BCUT2D eigenvalue weighted by molar-refractivity contribution is 5.97. The fourth-order valence-electron chi connectivity index (χ4n) is 1.87. The summed E-state index contributed by atoms with van der Waals surface area (Å²) in [6, 6.07) is 11.6. The molecule has 0 spiro atoms. The second-order valence-electron chi connectivity index (χ2n) is 4.46. The summed E-state index contributed by atoms with van der Waals surface area (Å²) in [5.41, 5.74) is 2.15. The van der Waals surface area contributed by atoms with Crippen LogP contribution in [0.4, 0.5) is 4.39 Å². The molecule has 2 nitrogen and oxygen atoms in total. The molecule has 0 aliphatic rings. The Morgan fingerprint density at radius 3 is 2.58 bits per heavy atom. The van der Waals surface area contributed by atoms with E-state index in [-0.39, 0.29) is 18.0 Å². The molecule has 0 bridgehead atoms. The van der Waals surface area contributed by atoms with Crippen LogP contribution in [0.2, 0.25) is 0 Å². The molecule has 0 N–H and O–H groups in total. The van der Waals surface area contributed by atoms with Crippen molar-refractivity contribution in [2.45, 2.75) is 13.8 Å². The molecular formula is C16H15FO2. The molecule has 2 aromatic carbocycles. The lowest BCUT2D eigenvalue weighted by Gasteiger charge is -2.09. The molecule has 0 saturated carbocycles. The van der Waals surface area contributed by atoms with Crippen molar-refractivity contribution in [1.29, 1.82) is 0 Å². The zero-order chi connectivity index (χ0) is 13.8. The summed E-state index contributed by atoms with van der Waals surface area (Å²) in [6.45, 7) is 3.74. The second-order valence-corrected chi connectivity index (χ2v) is 4.46. The predicted octanol–water partition coefficient (Wildman–Crippen LogP) is 3.70. The van der Waals surface area contributed by atoms with E-state index in [9.17, 15) is 9.18 Å². The number of hydrogen-bond acceptors (Lipinski definition) is 2. The Balaban J connectivity index is 2.07. The van der Waals surface area contributed by atoms with Gasteiger partial charge in [0.25, 0.3) is 0 Å². The van der Waals surface area contributed by atoms with E-state index in [2.05, 4.69) is 0 Å². The molecule has 0 heterocycles. The van der Waals surface area contributed by atoms with Crippen molar-refractivity contribution in [3.63, 3.8) is 0 Å². The summed E-state index contributed by atoms with van der Waals surface area (Å²) in [6.07, 6.45) is 0. The van der Waals surface area contributed by atoms with Gasteiger partial charge in [0, 0.05) is 0 Å². The number of benzene rings is 2. The first kappa shape index (κ1) is 13.3. The predicted molar refractivity (Wildman–Crippen MR) is 72.1 cm³/mol. The number of hydrogen-bond donors (Lipinski definition) is 0. The van der Waals surface area contributed by atoms with Crippen molar-refractivity contribution < 1.29 is 13.9 Å².